The molecule has 3 rings (SSSR count). The molecule has 0 aliphatic carbocycles. The Morgan fingerprint density at radius 3 is 2.67 bits per heavy atom. The summed E-state index contributed by atoms with van der Waals surface area (Å²) < 4.78 is 26.5. The molecular formula is C16H20F2N4OS. The van der Waals surface area contributed by atoms with Crippen molar-refractivity contribution in [2.24, 2.45) is 5.92 Å². The van der Waals surface area contributed by atoms with Gasteiger partial charge >= 0.3 is 0 Å². The largest absolute Gasteiger partial charge is 0.299 e. The van der Waals surface area contributed by atoms with Gasteiger partial charge in [0.05, 0.1) is 11.3 Å². The number of alkyl halides is 2. The fraction of sp³-hybridized carbons (Fsp3) is 0.562. The minimum atomic E-state index is -2.70. The monoisotopic (exact) mass is 354 g/mol. The van der Waals surface area contributed by atoms with Crippen LogP contribution >= 0.6 is 11.3 Å². The molecule has 8 heteroatoms. The van der Waals surface area contributed by atoms with Crippen LogP contribution in [-0.2, 0) is 13.1 Å². The molecule has 2 aromatic heterocycles. The lowest BCUT2D eigenvalue weighted by Gasteiger charge is -2.31. The van der Waals surface area contributed by atoms with Gasteiger partial charge in [0.15, 0.2) is 0 Å². The minimum absolute atomic E-state index is 0.376. The summed E-state index contributed by atoms with van der Waals surface area (Å²) >= 11 is 1.72. The quantitative estimate of drug-likeness (QED) is 0.828. The summed E-state index contributed by atoms with van der Waals surface area (Å²) in [6.45, 7) is 5.41. The molecule has 1 aliphatic rings. The van der Waals surface area contributed by atoms with Crippen LogP contribution in [0, 0.1) is 12.8 Å². The molecule has 130 valence electrons. The summed E-state index contributed by atoms with van der Waals surface area (Å²) in [5, 5.41) is 1.08. The lowest BCUT2D eigenvalue weighted by atomic mass is 9.96. The lowest BCUT2D eigenvalue weighted by molar-refractivity contribution is 0.144. The van der Waals surface area contributed by atoms with Crippen LogP contribution in [0.25, 0.3) is 0 Å². The average Bonchev–Trinajstić information content (AvgIpc) is 2.96. The van der Waals surface area contributed by atoms with Gasteiger partial charge < -0.3 is 0 Å². The first-order chi connectivity index (χ1) is 11.5. The van der Waals surface area contributed by atoms with Crippen molar-refractivity contribution < 1.29 is 8.78 Å². The first kappa shape index (κ1) is 17.2. The second kappa shape index (κ2) is 7.48. The van der Waals surface area contributed by atoms with E-state index in [1.807, 2.05) is 13.1 Å². The van der Waals surface area contributed by atoms with Crippen LogP contribution in [-0.4, -0.2) is 32.5 Å². The number of halogens is 2. The van der Waals surface area contributed by atoms with Gasteiger partial charge in [-0.25, -0.2) is 18.7 Å². The highest BCUT2D eigenvalue weighted by Gasteiger charge is 2.21. The van der Waals surface area contributed by atoms with Crippen molar-refractivity contribution in [3.63, 3.8) is 0 Å². The zero-order valence-electron chi connectivity index (χ0n) is 13.5. The summed E-state index contributed by atoms with van der Waals surface area (Å²) in [5.41, 5.74) is -0.853. The molecule has 1 aliphatic heterocycles. The number of piperidine rings is 1. The lowest BCUT2D eigenvalue weighted by Crippen LogP contribution is -2.35. The Kier molecular flexibility index (Phi) is 5.35. The van der Waals surface area contributed by atoms with Crippen molar-refractivity contribution in [3.05, 3.63) is 44.5 Å². The molecule has 24 heavy (non-hydrogen) atoms. The summed E-state index contributed by atoms with van der Waals surface area (Å²) in [6.07, 6.45) is 2.45. The fourth-order valence-corrected chi connectivity index (χ4v) is 3.84. The third kappa shape index (κ3) is 4.24. The molecule has 1 fully saturated rings. The van der Waals surface area contributed by atoms with E-state index < -0.39 is 17.7 Å². The van der Waals surface area contributed by atoms with Gasteiger partial charge in [0.1, 0.15) is 5.69 Å². The molecule has 0 aromatic carbocycles. The van der Waals surface area contributed by atoms with Crippen LogP contribution < -0.4 is 5.56 Å². The Bertz CT molecular complexity index is 738. The summed E-state index contributed by atoms with van der Waals surface area (Å²) in [4.78, 5) is 23.5. The van der Waals surface area contributed by atoms with Crippen LogP contribution in [0.5, 0.6) is 0 Å². The molecule has 0 spiro atoms. The van der Waals surface area contributed by atoms with E-state index in [9.17, 15) is 13.6 Å². The van der Waals surface area contributed by atoms with Crippen LogP contribution in [0.15, 0.2) is 23.4 Å². The van der Waals surface area contributed by atoms with Crippen molar-refractivity contribution in [2.45, 2.75) is 39.3 Å². The van der Waals surface area contributed by atoms with E-state index in [1.165, 1.54) is 15.8 Å². The van der Waals surface area contributed by atoms with E-state index >= 15 is 0 Å². The smallest absolute Gasteiger partial charge is 0.280 e. The van der Waals surface area contributed by atoms with Crippen LogP contribution in [0.3, 0.4) is 0 Å². The standard InChI is InChI=1S/C16H20F2N4OS/c1-11-19-7-13(24-11)9-21-4-2-12(3-5-21)8-22-10-20-14(16(17)18)6-15(22)23/h6-7,10,12,16H,2-5,8-9H2,1H3. The SMILES string of the molecule is Cc1ncc(CN2CCC(Cn3cnc(C(F)F)cc3=O)CC2)s1. The van der Waals surface area contributed by atoms with Gasteiger partial charge in [0, 0.05) is 30.2 Å². The molecule has 0 radical (unpaired) electrons. The molecule has 2 aromatic rings. The second-order valence-corrected chi connectivity index (χ2v) is 7.49. The zero-order valence-corrected chi connectivity index (χ0v) is 14.3. The number of thiazole rings is 1. The molecule has 3 heterocycles. The predicted molar refractivity (Wildman–Crippen MR) is 88.3 cm³/mol. The fourth-order valence-electron chi connectivity index (χ4n) is 3.00. The van der Waals surface area contributed by atoms with Crippen molar-refractivity contribution >= 4 is 11.3 Å². The van der Waals surface area contributed by atoms with Crippen LogP contribution in [0.2, 0.25) is 0 Å². The molecule has 0 unspecified atom stereocenters. The van der Waals surface area contributed by atoms with E-state index in [-0.39, 0.29) is 0 Å². The Labute approximate surface area is 143 Å². The van der Waals surface area contributed by atoms with Gasteiger partial charge in [0.25, 0.3) is 12.0 Å². The molecule has 0 atom stereocenters. The molecule has 0 amide bonds. The second-order valence-electron chi connectivity index (χ2n) is 6.17. The summed E-state index contributed by atoms with van der Waals surface area (Å²) in [5.74, 6) is 0.376. The van der Waals surface area contributed by atoms with E-state index in [0.717, 1.165) is 43.5 Å². The Morgan fingerprint density at radius 2 is 2.08 bits per heavy atom. The number of likely N-dealkylation sites (tertiary alicyclic amines) is 1. The first-order valence-electron chi connectivity index (χ1n) is 7.99. The third-order valence-corrected chi connectivity index (χ3v) is 5.23. The van der Waals surface area contributed by atoms with E-state index in [2.05, 4.69) is 14.9 Å². The maximum absolute atomic E-state index is 12.5. The molecular weight excluding hydrogens is 334 g/mol. The van der Waals surface area contributed by atoms with E-state index in [1.54, 1.807) is 11.3 Å². The average molecular weight is 354 g/mol. The van der Waals surface area contributed by atoms with E-state index in [4.69, 9.17) is 0 Å². The number of aryl methyl sites for hydroxylation is 1. The topological polar surface area (TPSA) is 51.0 Å². The minimum Gasteiger partial charge on any atom is -0.299 e. The van der Waals surface area contributed by atoms with Gasteiger partial charge in [-0.15, -0.1) is 11.3 Å². The predicted octanol–water partition coefficient (Wildman–Crippen LogP) is 2.86. The number of aromatic nitrogens is 3. The first-order valence-corrected chi connectivity index (χ1v) is 8.81. The Morgan fingerprint density at radius 1 is 1.33 bits per heavy atom. The number of hydrogen-bond acceptors (Lipinski definition) is 5. The highest BCUT2D eigenvalue weighted by molar-refractivity contribution is 7.11. The molecule has 0 N–H and O–H groups in total. The maximum atomic E-state index is 12.5. The zero-order chi connectivity index (χ0) is 17.1. The van der Waals surface area contributed by atoms with Gasteiger partial charge in [-0.2, -0.15) is 0 Å². The van der Waals surface area contributed by atoms with Crippen molar-refractivity contribution in [1.29, 1.82) is 0 Å². The molecule has 0 saturated carbocycles. The van der Waals surface area contributed by atoms with Crippen LogP contribution in [0.1, 0.15) is 34.8 Å². The van der Waals surface area contributed by atoms with Gasteiger partial charge in [0.2, 0.25) is 0 Å². The van der Waals surface area contributed by atoms with Gasteiger partial charge in [-0.3, -0.25) is 14.3 Å². The number of nitrogens with zero attached hydrogens (tertiary/aromatic N) is 4. The third-order valence-electron chi connectivity index (χ3n) is 4.33. The van der Waals surface area contributed by atoms with Crippen molar-refractivity contribution in [3.8, 4) is 0 Å². The van der Waals surface area contributed by atoms with E-state index in [0.29, 0.717) is 12.5 Å². The van der Waals surface area contributed by atoms with Gasteiger partial charge in [-0.05, 0) is 38.8 Å². The number of rotatable bonds is 5. The highest BCUT2D eigenvalue weighted by Crippen LogP contribution is 2.22. The van der Waals surface area contributed by atoms with Crippen molar-refractivity contribution in [2.75, 3.05) is 13.1 Å². The van der Waals surface area contributed by atoms with Crippen LogP contribution in [0.4, 0.5) is 8.78 Å². The number of hydrogen-bond donors (Lipinski definition) is 0. The highest BCUT2D eigenvalue weighted by atomic mass is 32.1. The Hall–Kier alpha value is -1.67. The maximum Gasteiger partial charge on any atom is 0.280 e. The normalized spacial score (nSPS) is 16.8. The molecule has 1 saturated heterocycles. The van der Waals surface area contributed by atoms with Gasteiger partial charge in [-0.1, -0.05) is 0 Å². The molecule has 0 bridgehead atoms. The van der Waals surface area contributed by atoms with Crippen molar-refractivity contribution in [1.82, 2.24) is 19.4 Å². The molecule has 5 nitrogen and oxygen atoms in total. The summed E-state index contributed by atoms with van der Waals surface area (Å²) in [7, 11) is 0. The Balaban J connectivity index is 1.53. The summed E-state index contributed by atoms with van der Waals surface area (Å²) in [6, 6.07) is 0.936.